The standard InChI is InChI=1S/C18H17F3N2O5S/c19-18(20,21)28-13-5-3-12(4-6-13)17(25)22-15-11-14(7-8-16(15)24)29(26,27)23-9-1-2-10-23/h3-8,11,24H,1-2,9-10H2,(H,22,25). The molecule has 2 N–H and O–H groups in total. The monoisotopic (exact) mass is 430 g/mol. The largest absolute Gasteiger partial charge is 0.573 e. The SMILES string of the molecule is O=C(Nc1cc(S(=O)(=O)N2CCCC2)ccc1O)c1ccc(OC(F)(F)F)cc1. The van der Waals surface area contributed by atoms with Gasteiger partial charge in [-0.2, -0.15) is 4.31 Å². The first-order valence-corrected chi connectivity index (χ1v) is 10.0. The van der Waals surface area contributed by atoms with Crippen LogP contribution in [0.1, 0.15) is 23.2 Å². The molecule has 3 rings (SSSR count). The van der Waals surface area contributed by atoms with E-state index >= 15 is 0 Å². The Hall–Kier alpha value is -2.79. The molecule has 0 aliphatic carbocycles. The normalized spacial score (nSPS) is 15.3. The van der Waals surface area contributed by atoms with Crippen LogP contribution in [0.15, 0.2) is 47.4 Å². The van der Waals surface area contributed by atoms with E-state index < -0.39 is 28.0 Å². The van der Waals surface area contributed by atoms with Crippen LogP contribution in [0.5, 0.6) is 11.5 Å². The number of anilines is 1. The van der Waals surface area contributed by atoms with Crippen molar-refractivity contribution in [3.05, 3.63) is 48.0 Å². The Morgan fingerprint density at radius 1 is 1.07 bits per heavy atom. The number of carbonyl (C=O) groups is 1. The van der Waals surface area contributed by atoms with Crippen molar-refractivity contribution < 1.29 is 36.2 Å². The molecule has 0 spiro atoms. The van der Waals surface area contributed by atoms with Crippen molar-refractivity contribution >= 4 is 21.6 Å². The summed E-state index contributed by atoms with van der Waals surface area (Å²) in [6.07, 6.45) is -3.33. The lowest BCUT2D eigenvalue weighted by Crippen LogP contribution is -2.28. The van der Waals surface area contributed by atoms with Crippen LogP contribution in [-0.4, -0.2) is 43.2 Å². The van der Waals surface area contributed by atoms with E-state index in [1.165, 1.54) is 10.4 Å². The average molecular weight is 430 g/mol. The highest BCUT2D eigenvalue weighted by Crippen LogP contribution is 2.30. The molecule has 0 radical (unpaired) electrons. The van der Waals surface area contributed by atoms with Crippen LogP contribution >= 0.6 is 0 Å². The molecule has 1 heterocycles. The molecule has 0 atom stereocenters. The minimum atomic E-state index is -4.85. The molecule has 0 bridgehead atoms. The number of aromatic hydroxyl groups is 1. The molecule has 1 amide bonds. The second-order valence-corrected chi connectivity index (χ2v) is 8.25. The van der Waals surface area contributed by atoms with Crippen molar-refractivity contribution in [1.82, 2.24) is 4.31 Å². The summed E-state index contributed by atoms with van der Waals surface area (Å²) in [5, 5.41) is 12.3. The number of carbonyl (C=O) groups excluding carboxylic acids is 1. The number of hydrogen-bond acceptors (Lipinski definition) is 5. The lowest BCUT2D eigenvalue weighted by molar-refractivity contribution is -0.274. The molecule has 2 aromatic carbocycles. The number of phenols is 1. The minimum absolute atomic E-state index is 0.00766. The molecule has 29 heavy (non-hydrogen) atoms. The fraction of sp³-hybridized carbons (Fsp3) is 0.278. The predicted molar refractivity (Wildman–Crippen MR) is 97.2 cm³/mol. The summed E-state index contributed by atoms with van der Waals surface area (Å²) in [7, 11) is -3.75. The number of halogens is 3. The Balaban J connectivity index is 1.78. The molecule has 1 saturated heterocycles. The molecule has 0 aromatic heterocycles. The molecular weight excluding hydrogens is 413 g/mol. The number of nitrogens with one attached hydrogen (secondary N) is 1. The Morgan fingerprint density at radius 3 is 2.28 bits per heavy atom. The zero-order valence-corrected chi connectivity index (χ0v) is 15.8. The van der Waals surface area contributed by atoms with Crippen LogP contribution in [-0.2, 0) is 10.0 Å². The third-order valence-electron chi connectivity index (χ3n) is 4.27. The summed E-state index contributed by atoms with van der Waals surface area (Å²) in [5.41, 5.74) is -0.141. The summed E-state index contributed by atoms with van der Waals surface area (Å²) in [4.78, 5) is 12.3. The van der Waals surface area contributed by atoms with E-state index in [9.17, 15) is 31.5 Å². The third kappa shape index (κ3) is 4.98. The van der Waals surface area contributed by atoms with Crippen molar-refractivity contribution in [2.24, 2.45) is 0 Å². The number of ether oxygens (including phenoxy) is 1. The van der Waals surface area contributed by atoms with Gasteiger partial charge in [-0.15, -0.1) is 13.2 Å². The van der Waals surface area contributed by atoms with Crippen LogP contribution in [0.4, 0.5) is 18.9 Å². The molecule has 11 heteroatoms. The summed E-state index contributed by atoms with van der Waals surface area (Å²) >= 11 is 0. The minimum Gasteiger partial charge on any atom is -0.506 e. The lowest BCUT2D eigenvalue weighted by Gasteiger charge is -2.17. The zero-order valence-electron chi connectivity index (χ0n) is 14.9. The number of sulfonamides is 1. The van der Waals surface area contributed by atoms with Crippen LogP contribution in [0.3, 0.4) is 0 Å². The van der Waals surface area contributed by atoms with E-state index in [0.29, 0.717) is 13.1 Å². The molecule has 7 nitrogen and oxygen atoms in total. The van der Waals surface area contributed by atoms with Gasteiger partial charge in [0, 0.05) is 18.7 Å². The Labute approximate surface area is 164 Å². The third-order valence-corrected chi connectivity index (χ3v) is 6.16. The van der Waals surface area contributed by atoms with Crippen molar-refractivity contribution in [1.29, 1.82) is 0 Å². The van der Waals surface area contributed by atoms with Gasteiger partial charge in [0.2, 0.25) is 10.0 Å². The van der Waals surface area contributed by atoms with Crippen LogP contribution in [0, 0.1) is 0 Å². The Morgan fingerprint density at radius 2 is 1.69 bits per heavy atom. The molecule has 1 aliphatic rings. The smallest absolute Gasteiger partial charge is 0.506 e. The van der Waals surface area contributed by atoms with E-state index in [0.717, 1.165) is 49.2 Å². The van der Waals surface area contributed by atoms with Gasteiger partial charge in [-0.05, 0) is 55.3 Å². The molecule has 0 unspecified atom stereocenters. The van der Waals surface area contributed by atoms with Gasteiger partial charge in [0.15, 0.2) is 0 Å². The maximum atomic E-state index is 12.6. The van der Waals surface area contributed by atoms with Crippen LogP contribution in [0.25, 0.3) is 0 Å². The lowest BCUT2D eigenvalue weighted by atomic mass is 10.2. The molecule has 0 saturated carbocycles. The van der Waals surface area contributed by atoms with Gasteiger partial charge in [0.1, 0.15) is 11.5 Å². The summed E-state index contributed by atoms with van der Waals surface area (Å²) in [5.74, 6) is -1.58. The highest BCUT2D eigenvalue weighted by Gasteiger charge is 2.31. The van der Waals surface area contributed by atoms with Crippen LogP contribution < -0.4 is 10.1 Å². The second-order valence-electron chi connectivity index (χ2n) is 6.32. The van der Waals surface area contributed by atoms with E-state index in [1.807, 2.05) is 0 Å². The molecule has 156 valence electrons. The van der Waals surface area contributed by atoms with E-state index in [-0.39, 0.29) is 21.9 Å². The maximum Gasteiger partial charge on any atom is 0.573 e. The summed E-state index contributed by atoms with van der Waals surface area (Å²) in [6, 6.07) is 7.69. The van der Waals surface area contributed by atoms with E-state index in [4.69, 9.17) is 0 Å². The number of amides is 1. The molecular formula is C18H17F3N2O5S. The van der Waals surface area contributed by atoms with Gasteiger partial charge in [-0.25, -0.2) is 8.42 Å². The zero-order chi connectivity index (χ0) is 21.2. The van der Waals surface area contributed by atoms with Gasteiger partial charge in [-0.3, -0.25) is 4.79 Å². The first-order chi connectivity index (χ1) is 13.6. The maximum absolute atomic E-state index is 12.6. The number of hydrogen-bond donors (Lipinski definition) is 2. The van der Waals surface area contributed by atoms with E-state index in [1.54, 1.807) is 0 Å². The molecule has 2 aromatic rings. The number of nitrogens with zero attached hydrogens (tertiary/aromatic N) is 1. The second kappa shape index (κ2) is 7.91. The quantitative estimate of drug-likeness (QED) is 0.710. The summed E-state index contributed by atoms with van der Waals surface area (Å²) < 4.78 is 66.9. The van der Waals surface area contributed by atoms with Crippen molar-refractivity contribution in [2.75, 3.05) is 18.4 Å². The summed E-state index contributed by atoms with van der Waals surface area (Å²) in [6.45, 7) is 0.800. The Kier molecular flexibility index (Phi) is 5.71. The van der Waals surface area contributed by atoms with Crippen molar-refractivity contribution in [3.63, 3.8) is 0 Å². The fourth-order valence-corrected chi connectivity index (χ4v) is 4.40. The average Bonchev–Trinajstić information content (AvgIpc) is 3.18. The predicted octanol–water partition coefficient (Wildman–Crippen LogP) is 3.33. The van der Waals surface area contributed by atoms with Crippen LogP contribution in [0.2, 0.25) is 0 Å². The van der Waals surface area contributed by atoms with Crippen molar-refractivity contribution in [2.45, 2.75) is 24.1 Å². The van der Waals surface area contributed by atoms with Gasteiger partial charge >= 0.3 is 6.36 Å². The van der Waals surface area contributed by atoms with Gasteiger partial charge in [-0.1, -0.05) is 0 Å². The van der Waals surface area contributed by atoms with E-state index in [2.05, 4.69) is 10.1 Å². The number of phenolic OH excluding ortho intramolecular Hbond substituents is 1. The fourth-order valence-electron chi connectivity index (χ4n) is 2.86. The van der Waals surface area contributed by atoms with Gasteiger partial charge in [0.05, 0.1) is 10.6 Å². The van der Waals surface area contributed by atoms with Gasteiger partial charge < -0.3 is 15.2 Å². The highest BCUT2D eigenvalue weighted by atomic mass is 32.2. The Bertz CT molecular complexity index is 1000. The van der Waals surface area contributed by atoms with Gasteiger partial charge in [0.25, 0.3) is 5.91 Å². The first kappa shape index (κ1) is 20.9. The number of rotatable bonds is 5. The first-order valence-electron chi connectivity index (χ1n) is 8.56. The topological polar surface area (TPSA) is 95.9 Å². The highest BCUT2D eigenvalue weighted by molar-refractivity contribution is 7.89. The number of alkyl halides is 3. The van der Waals surface area contributed by atoms with Crippen molar-refractivity contribution in [3.8, 4) is 11.5 Å². The number of benzene rings is 2. The molecule has 1 fully saturated rings. The molecule has 1 aliphatic heterocycles.